The first kappa shape index (κ1) is 13.7. The van der Waals surface area contributed by atoms with Gasteiger partial charge in [0.1, 0.15) is 10.7 Å². The van der Waals surface area contributed by atoms with Crippen LogP contribution in [0.25, 0.3) is 10.2 Å². The SMILES string of the molecule is Cc1sc2nc(Cn3cnc4c3CCCC4)[nH]c(=O)c2c1C. The second-order valence-electron chi connectivity index (χ2n) is 5.95. The van der Waals surface area contributed by atoms with Crippen molar-refractivity contribution in [2.75, 3.05) is 0 Å². The van der Waals surface area contributed by atoms with Gasteiger partial charge >= 0.3 is 0 Å². The van der Waals surface area contributed by atoms with Gasteiger partial charge in [-0.25, -0.2) is 9.97 Å². The largest absolute Gasteiger partial charge is 0.327 e. The van der Waals surface area contributed by atoms with E-state index in [0.717, 1.165) is 33.5 Å². The molecular weight excluding hydrogens is 296 g/mol. The van der Waals surface area contributed by atoms with Crippen molar-refractivity contribution in [1.82, 2.24) is 19.5 Å². The molecule has 0 unspecified atom stereocenters. The van der Waals surface area contributed by atoms with Crippen molar-refractivity contribution in [3.05, 3.63) is 44.3 Å². The van der Waals surface area contributed by atoms with Gasteiger partial charge in [0.05, 0.1) is 24.0 Å². The molecule has 0 fully saturated rings. The molecule has 3 aromatic rings. The highest BCUT2D eigenvalue weighted by molar-refractivity contribution is 7.18. The number of rotatable bonds is 2. The molecule has 0 aromatic carbocycles. The maximum absolute atomic E-state index is 12.3. The maximum atomic E-state index is 12.3. The van der Waals surface area contributed by atoms with Gasteiger partial charge in [0.2, 0.25) is 0 Å². The Bertz CT molecular complexity index is 918. The zero-order valence-corrected chi connectivity index (χ0v) is 13.6. The van der Waals surface area contributed by atoms with Crippen LogP contribution in [0.3, 0.4) is 0 Å². The average molecular weight is 314 g/mol. The van der Waals surface area contributed by atoms with E-state index in [1.165, 1.54) is 24.2 Å². The topological polar surface area (TPSA) is 63.6 Å². The van der Waals surface area contributed by atoms with E-state index in [9.17, 15) is 4.79 Å². The number of H-pyrrole nitrogens is 1. The third-order valence-electron chi connectivity index (χ3n) is 4.52. The van der Waals surface area contributed by atoms with Gasteiger partial charge in [0, 0.05) is 10.6 Å². The van der Waals surface area contributed by atoms with Gasteiger partial charge in [-0.15, -0.1) is 11.3 Å². The molecule has 0 bridgehead atoms. The number of nitrogens with one attached hydrogen (secondary N) is 1. The van der Waals surface area contributed by atoms with Crippen molar-refractivity contribution in [1.29, 1.82) is 0 Å². The van der Waals surface area contributed by atoms with Crippen LogP contribution in [-0.4, -0.2) is 19.5 Å². The lowest BCUT2D eigenvalue weighted by molar-refractivity contribution is 0.620. The fraction of sp³-hybridized carbons (Fsp3) is 0.438. The smallest absolute Gasteiger partial charge is 0.259 e. The molecule has 114 valence electrons. The predicted molar refractivity (Wildman–Crippen MR) is 87.7 cm³/mol. The van der Waals surface area contributed by atoms with E-state index < -0.39 is 0 Å². The summed E-state index contributed by atoms with van der Waals surface area (Å²) in [5.41, 5.74) is 3.51. The molecule has 3 heterocycles. The van der Waals surface area contributed by atoms with Crippen molar-refractivity contribution in [3.8, 4) is 0 Å². The van der Waals surface area contributed by atoms with E-state index in [4.69, 9.17) is 0 Å². The number of imidazole rings is 1. The van der Waals surface area contributed by atoms with Crippen LogP contribution in [0.15, 0.2) is 11.1 Å². The van der Waals surface area contributed by atoms with Gasteiger partial charge in [-0.3, -0.25) is 4.79 Å². The average Bonchev–Trinajstić information content (AvgIpc) is 3.02. The number of aromatic nitrogens is 4. The Labute approximate surface area is 132 Å². The minimum Gasteiger partial charge on any atom is -0.327 e. The number of aryl methyl sites for hydroxylation is 3. The number of fused-ring (bicyclic) bond motifs is 2. The monoisotopic (exact) mass is 314 g/mol. The molecule has 1 aliphatic rings. The minimum absolute atomic E-state index is 0.0316. The van der Waals surface area contributed by atoms with E-state index in [0.29, 0.717) is 12.4 Å². The Hall–Kier alpha value is -1.95. The summed E-state index contributed by atoms with van der Waals surface area (Å²) in [4.78, 5) is 26.4. The highest BCUT2D eigenvalue weighted by atomic mass is 32.1. The van der Waals surface area contributed by atoms with Crippen LogP contribution in [0.2, 0.25) is 0 Å². The molecule has 6 heteroatoms. The molecule has 0 saturated heterocycles. The summed E-state index contributed by atoms with van der Waals surface area (Å²) in [5.74, 6) is 0.713. The van der Waals surface area contributed by atoms with Crippen LogP contribution in [0.4, 0.5) is 0 Å². The van der Waals surface area contributed by atoms with Gasteiger partial charge in [-0.2, -0.15) is 0 Å². The molecule has 22 heavy (non-hydrogen) atoms. The summed E-state index contributed by atoms with van der Waals surface area (Å²) in [7, 11) is 0. The van der Waals surface area contributed by atoms with Crippen molar-refractivity contribution in [3.63, 3.8) is 0 Å². The van der Waals surface area contributed by atoms with Gasteiger partial charge in [-0.1, -0.05) is 0 Å². The second kappa shape index (κ2) is 5.05. The molecule has 1 N–H and O–H groups in total. The Kier molecular flexibility index (Phi) is 3.14. The molecule has 3 aromatic heterocycles. The Morgan fingerprint density at radius 3 is 3.00 bits per heavy atom. The van der Waals surface area contributed by atoms with Gasteiger partial charge in [-0.05, 0) is 45.1 Å². The van der Waals surface area contributed by atoms with E-state index >= 15 is 0 Å². The van der Waals surface area contributed by atoms with Crippen molar-refractivity contribution >= 4 is 21.6 Å². The molecule has 0 atom stereocenters. The van der Waals surface area contributed by atoms with Crippen LogP contribution in [0.5, 0.6) is 0 Å². The molecule has 5 nitrogen and oxygen atoms in total. The van der Waals surface area contributed by atoms with Crippen LogP contribution >= 0.6 is 11.3 Å². The Morgan fingerprint density at radius 1 is 1.32 bits per heavy atom. The second-order valence-corrected chi connectivity index (χ2v) is 7.15. The van der Waals surface area contributed by atoms with Crippen LogP contribution in [-0.2, 0) is 19.4 Å². The summed E-state index contributed by atoms with van der Waals surface area (Å²) < 4.78 is 2.13. The third kappa shape index (κ3) is 2.09. The lowest BCUT2D eigenvalue weighted by atomic mass is 10.0. The zero-order chi connectivity index (χ0) is 15.3. The number of aromatic amines is 1. The number of nitrogens with zero attached hydrogens (tertiary/aromatic N) is 3. The van der Waals surface area contributed by atoms with E-state index in [1.807, 2.05) is 20.2 Å². The molecule has 0 aliphatic heterocycles. The normalized spacial score (nSPS) is 14.5. The molecular formula is C16H18N4OS. The first-order valence-electron chi connectivity index (χ1n) is 7.65. The van der Waals surface area contributed by atoms with Gasteiger partial charge < -0.3 is 9.55 Å². The summed E-state index contributed by atoms with van der Waals surface area (Å²) in [6, 6.07) is 0. The lowest BCUT2D eigenvalue weighted by Crippen LogP contribution is -2.15. The Balaban J connectivity index is 1.76. The van der Waals surface area contributed by atoms with Gasteiger partial charge in [0.15, 0.2) is 0 Å². The fourth-order valence-electron chi connectivity index (χ4n) is 3.20. The quantitative estimate of drug-likeness (QED) is 0.791. The van der Waals surface area contributed by atoms with E-state index in [2.05, 4.69) is 19.5 Å². The summed E-state index contributed by atoms with van der Waals surface area (Å²) >= 11 is 1.59. The van der Waals surface area contributed by atoms with Crippen LogP contribution < -0.4 is 5.56 Å². The summed E-state index contributed by atoms with van der Waals surface area (Å²) in [5, 5.41) is 0.735. The highest BCUT2D eigenvalue weighted by Gasteiger charge is 2.17. The lowest BCUT2D eigenvalue weighted by Gasteiger charge is -2.13. The first-order chi connectivity index (χ1) is 10.6. The summed E-state index contributed by atoms with van der Waals surface area (Å²) in [6.07, 6.45) is 6.45. The zero-order valence-electron chi connectivity index (χ0n) is 12.8. The van der Waals surface area contributed by atoms with E-state index in [1.54, 1.807) is 11.3 Å². The Morgan fingerprint density at radius 2 is 2.14 bits per heavy atom. The standard InChI is InChI=1S/C16H18N4OS/c1-9-10(2)22-16-14(9)15(21)18-13(19-16)7-20-8-17-11-5-3-4-6-12(11)20/h8H,3-7H2,1-2H3,(H,18,19,21). The van der Waals surface area contributed by atoms with Crippen molar-refractivity contribution < 1.29 is 0 Å². The number of hydrogen-bond acceptors (Lipinski definition) is 4. The molecule has 0 saturated carbocycles. The molecule has 1 aliphatic carbocycles. The minimum atomic E-state index is -0.0316. The predicted octanol–water partition coefficient (Wildman–Crippen LogP) is 2.73. The molecule has 0 amide bonds. The van der Waals surface area contributed by atoms with E-state index in [-0.39, 0.29) is 5.56 Å². The first-order valence-corrected chi connectivity index (χ1v) is 8.47. The van der Waals surface area contributed by atoms with Gasteiger partial charge in [0.25, 0.3) is 5.56 Å². The van der Waals surface area contributed by atoms with Crippen molar-refractivity contribution in [2.45, 2.75) is 46.1 Å². The highest BCUT2D eigenvalue weighted by Crippen LogP contribution is 2.26. The summed E-state index contributed by atoms with van der Waals surface area (Å²) in [6.45, 7) is 4.60. The fourth-order valence-corrected chi connectivity index (χ4v) is 4.25. The van der Waals surface area contributed by atoms with Crippen LogP contribution in [0.1, 0.15) is 40.5 Å². The third-order valence-corrected chi connectivity index (χ3v) is 5.62. The molecule has 0 radical (unpaired) electrons. The molecule has 0 spiro atoms. The van der Waals surface area contributed by atoms with Crippen LogP contribution in [0, 0.1) is 13.8 Å². The van der Waals surface area contributed by atoms with Crippen molar-refractivity contribution in [2.24, 2.45) is 0 Å². The molecule has 4 rings (SSSR count). The number of hydrogen-bond donors (Lipinski definition) is 1. The maximum Gasteiger partial charge on any atom is 0.259 e. The number of thiophene rings is 1.